The second-order valence-electron chi connectivity index (χ2n) is 6.10. The number of benzene rings is 1. The molecule has 0 saturated heterocycles. The van der Waals surface area contributed by atoms with Crippen LogP contribution in [0.1, 0.15) is 16.1 Å². The summed E-state index contributed by atoms with van der Waals surface area (Å²) in [6.45, 7) is 0.552. The van der Waals surface area contributed by atoms with Crippen LogP contribution in [0.2, 0.25) is 0 Å². The van der Waals surface area contributed by atoms with Crippen LogP contribution in [0.15, 0.2) is 41.8 Å². The van der Waals surface area contributed by atoms with E-state index in [-0.39, 0.29) is 24.9 Å². The maximum absolute atomic E-state index is 12.6. The lowest BCUT2D eigenvalue weighted by Crippen LogP contribution is -2.43. The zero-order chi connectivity index (χ0) is 21.1. The first-order valence-corrected chi connectivity index (χ1v) is 9.93. The summed E-state index contributed by atoms with van der Waals surface area (Å²) in [5.74, 6) is -0.301. The minimum atomic E-state index is -0.405. The van der Waals surface area contributed by atoms with Crippen LogP contribution in [0.25, 0.3) is 0 Å². The van der Waals surface area contributed by atoms with Crippen molar-refractivity contribution in [3.8, 4) is 5.75 Å². The second-order valence-corrected chi connectivity index (χ2v) is 7.05. The fourth-order valence-electron chi connectivity index (χ4n) is 2.50. The maximum Gasteiger partial charge on any atom is 0.264 e. The summed E-state index contributed by atoms with van der Waals surface area (Å²) in [4.78, 5) is 38.9. The molecule has 2 aromatic rings. The molecule has 0 aliphatic rings. The quantitative estimate of drug-likeness (QED) is 0.543. The van der Waals surface area contributed by atoms with E-state index in [1.165, 1.54) is 16.2 Å². The van der Waals surface area contributed by atoms with Gasteiger partial charge < -0.3 is 25.0 Å². The minimum absolute atomic E-state index is 0.129. The van der Waals surface area contributed by atoms with Crippen molar-refractivity contribution >= 4 is 34.7 Å². The highest BCUT2D eigenvalue weighted by Crippen LogP contribution is 2.15. The van der Waals surface area contributed by atoms with Crippen LogP contribution in [0.4, 0.5) is 5.69 Å². The summed E-state index contributed by atoms with van der Waals surface area (Å²) in [6.07, 6.45) is 0.610. The number of anilines is 1. The highest BCUT2D eigenvalue weighted by atomic mass is 32.1. The van der Waals surface area contributed by atoms with Gasteiger partial charge in [0, 0.05) is 25.9 Å². The van der Waals surface area contributed by atoms with E-state index in [0.29, 0.717) is 35.9 Å². The largest absolute Gasteiger partial charge is 0.497 e. The average molecular weight is 420 g/mol. The number of thiophene rings is 1. The Morgan fingerprint density at radius 2 is 1.83 bits per heavy atom. The van der Waals surface area contributed by atoms with Crippen molar-refractivity contribution in [2.75, 3.05) is 45.8 Å². The molecule has 0 aliphatic heterocycles. The van der Waals surface area contributed by atoms with E-state index in [2.05, 4.69) is 10.6 Å². The van der Waals surface area contributed by atoms with Gasteiger partial charge in [-0.1, -0.05) is 6.07 Å². The molecule has 0 radical (unpaired) electrons. The van der Waals surface area contributed by atoms with Crippen molar-refractivity contribution in [3.63, 3.8) is 0 Å². The summed E-state index contributed by atoms with van der Waals surface area (Å²) in [7, 11) is 3.14. The lowest BCUT2D eigenvalue weighted by atomic mass is 10.3. The van der Waals surface area contributed by atoms with E-state index >= 15 is 0 Å². The molecule has 0 aliphatic carbocycles. The molecular formula is C20H25N3O5S. The number of nitrogens with one attached hydrogen (secondary N) is 2. The first-order chi connectivity index (χ1) is 14.0. The lowest BCUT2D eigenvalue weighted by Gasteiger charge is -2.21. The van der Waals surface area contributed by atoms with Crippen LogP contribution in [0.3, 0.4) is 0 Å². The predicted octanol–water partition coefficient (Wildman–Crippen LogP) is 1.99. The molecule has 0 saturated carbocycles. The van der Waals surface area contributed by atoms with Crippen LogP contribution in [-0.4, -0.2) is 63.1 Å². The molecule has 8 nitrogen and oxygen atoms in total. The summed E-state index contributed by atoms with van der Waals surface area (Å²) < 4.78 is 10.1. The number of hydrogen-bond donors (Lipinski definition) is 2. The van der Waals surface area contributed by atoms with Gasteiger partial charge >= 0.3 is 0 Å². The van der Waals surface area contributed by atoms with Gasteiger partial charge in [-0.2, -0.15) is 0 Å². The fraction of sp³-hybridized carbons (Fsp3) is 0.350. The van der Waals surface area contributed by atoms with E-state index in [1.807, 2.05) is 5.38 Å². The molecule has 9 heteroatoms. The molecule has 0 atom stereocenters. The van der Waals surface area contributed by atoms with Gasteiger partial charge in [0.05, 0.1) is 25.1 Å². The van der Waals surface area contributed by atoms with E-state index in [1.54, 1.807) is 50.6 Å². The molecule has 156 valence electrons. The lowest BCUT2D eigenvalue weighted by molar-refractivity contribution is -0.124. The number of carbonyl (C=O) groups excluding carboxylic acids is 3. The molecule has 0 bridgehead atoms. The molecule has 0 fully saturated rings. The van der Waals surface area contributed by atoms with Crippen molar-refractivity contribution in [3.05, 3.63) is 46.7 Å². The number of hydrogen-bond acceptors (Lipinski definition) is 6. The van der Waals surface area contributed by atoms with Crippen molar-refractivity contribution in [1.29, 1.82) is 0 Å². The third-order valence-electron chi connectivity index (χ3n) is 3.95. The van der Waals surface area contributed by atoms with Gasteiger partial charge in [0.1, 0.15) is 5.75 Å². The first-order valence-electron chi connectivity index (χ1n) is 9.05. The summed E-state index contributed by atoms with van der Waals surface area (Å²) >= 11 is 1.32. The molecule has 29 heavy (non-hydrogen) atoms. The Morgan fingerprint density at radius 3 is 2.45 bits per heavy atom. The van der Waals surface area contributed by atoms with Crippen LogP contribution in [-0.2, 0) is 14.3 Å². The third-order valence-corrected chi connectivity index (χ3v) is 4.81. The smallest absolute Gasteiger partial charge is 0.264 e. The van der Waals surface area contributed by atoms with Gasteiger partial charge in [-0.25, -0.2) is 0 Å². The number of carbonyl (C=O) groups is 3. The molecule has 0 unspecified atom stereocenters. The van der Waals surface area contributed by atoms with Gasteiger partial charge in [-0.05, 0) is 42.1 Å². The van der Waals surface area contributed by atoms with Crippen LogP contribution in [0, 0.1) is 0 Å². The van der Waals surface area contributed by atoms with Crippen LogP contribution >= 0.6 is 11.3 Å². The number of methoxy groups -OCH3 is 2. The van der Waals surface area contributed by atoms with Gasteiger partial charge in [-0.3, -0.25) is 14.4 Å². The van der Waals surface area contributed by atoms with E-state index in [9.17, 15) is 14.4 Å². The predicted molar refractivity (Wildman–Crippen MR) is 111 cm³/mol. The number of ether oxygens (including phenoxy) is 2. The topological polar surface area (TPSA) is 97.0 Å². The number of nitrogens with zero attached hydrogens (tertiary/aromatic N) is 1. The molecule has 0 spiro atoms. The number of amides is 3. The Labute approximate surface area is 173 Å². The fourth-order valence-corrected chi connectivity index (χ4v) is 3.19. The Morgan fingerprint density at radius 1 is 1.07 bits per heavy atom. The maximum atomic E-state index is 12.6. The Bertz CT molecular complexity index is 793. The highest BCUT2D eigenvalue weighted by Gasteiger charge is 2.19. The van der Waals surface area contributed by atoms with Gasteiger partial charge in [-0.15, -0.1) is 11.3 Å². The van der Waals surface area contributed by atoms with Crippen molar-refractivity contribution in [2.45, 2.75) is 6.42 Å². The second kappa shape index (κ2) is 11.8. The Kier molecular flexibility index (Phi) is 9.13. The molecule has 2 rings (SSSR count). The number of rotatable bonds is 11. The van der Waals surface area contributed by atoms with Crippen LogP contribution < -0.4 is 15.4 Å². The zero-order valence-electron chi connectivity index (χ0n) is 16.5. The Hall–Kier alpha value is -2.91. The third kappa shape index (κ3) is 7.55. The average Bonchev–Trinajstić information content (AvgIpc) is 3.26. The van der Waals surface area contributed by atoms with E-state index in [0.717, 1.165) is 0 Å². The van der Waals surface area contributed by atoms with Crippen molar-refractivity contribution in [2.24, 2.45) is 0 Å². The zero-order valence-corrected chi connectivity index (χ0v) is 17.3. The normalized spacial score (nSPS) is 10.3. The van der Waals surface area contributed by atoms with Crippen molar-refractivity contribution < 1.29 is 23.9 Å². The minimum Gasteiger partial charge on any atom is -0.497 e. The Balaban J connectivity index is 1.84. The van der Waals surface area contributed by atoms with E-state index in [4.69, 9.17) is 9.47 Å². The molecular weight excluding hydrogens is 394 g/mol. The first kappa shape index (κ1) is 22.4. The van der Waals surface area contributed by atoms with Gasteiger partial charge in [0.15, 0.2) is 0 Å². The van der Waals surface area contributed by atoms with E-state index < -0.39 is 5.91 Å². The molecule has 3 amide bonds. The molecule has 1 aromatic heterocycles. The summed E-state index contributed by atoms with van der Waals surface area (Å²) in [5.41, 5.74) is 0.596. The molecule has 1 aromatic carbocycles. The van der Waals surface area contributed by atoms with Gasteiger partial charge in [0.25, 0.3) is 5.91 Å². The SMILES string of the molecule is COCCCN(CC(=O)NCC(=O)Nc1ccc(OC)cc1)C(=O)c1cccs1. The molecule has 1 heterocycles. The van der Waals surface area contributed by atoms with Crippen LogP contribution in [0.5, 0.6) is 5.75 Å². The monoisotopic (exact) mass is 419 g/mol. The molecule has 2 N–H and O–H groups in total. The van der Waals surface area contributed by atoms with Crippen molar-refractivity contribution in [1.82, 2.24) is 10.2 Å². The highest BCUT2D eigenvalue weighted by molar-refractivity contribution is 7.12. The van der Waals surface area contributed by atoms with Gasteiger partial charge in [0.2, 0.25) is 11.8 Å². The summed E-state index contributed by atoms with van der Waals surface area (Å²) in [6, 6.07) is 10.4. The standard InChI is InChI=1S/C20H25N3O5S/c1-27-11-4-10-23(20(26)17-5-3-12-29-17)14-19(25)21-13-18(24)22-15-6-8-16(28-2)9-7-15/h3,5-9,12H,4,10-11,13-14H2,1-2H3,(H,21,25)(H,22,24). The summed E-state index contributed by atoms with van der Waals surface area (Å²) in [5, 5.41) is 7.04.